The number of carbonyl (C=O) groups excluding carboxylic acids is 3. The third kappa shape index (κ3) is 9.21. The van der Waals surface area contributed by atoms with Crippen LogP contribution >= 0.6 is 33.3 Å². The van der Waals surface area contributed by atoms with Crippen LogP contribution in [0.4, 0.5) is 4.79 Å². The Hall–Kier alpha value is -1.72. The van der Waals surface area contributed by atoms with Gasteiger partial charge in [0.2, 0.25) is 11.8 Å². The molecule has 3 atom stereocenters. The number of carbonyl (C=O) groups is 3. The van der Waals surface area contributed by atoms with Crippen molar-refractivity contribution < 1.29 is 19.5 Å². The van der Waals surface area contributed by atoms with Gasteiger partial charge in [0, 0.05) is 48.4 Å². The van der Waals surface area contributed by atoms with Gasteiger partial charge in [0.05, 0.1) is 12.1 Å². The van der Waals surface area contributed by atoms with Gasteiger partial charge in [0.25, 0.3) is 0 Å². The molecule has 2 unspecified atom stereocenters. The molecular weight excluding hydrogens is 480 g/mol. The van der Waals surface area contributed by atoms with Gasteiger partial charge in [-0.2, -0.15) is 11.8 Å². The maximum absolute atomic E-state index is 12.0. The number of rotatable bonds is 14. The average molecular weight is 513 g/mol. The van der Waals surface area contributed by atoms with Gasteiger partial charge in [0.15, 0.2) is 0 Å². The quantitative estimate of drug-likeness (QED) is 0.148. The summed E-state index contributed by atoms with van der Waals surface area (Å²) in [5.41, 5.74) is 0.949. The Morgan fingerprint density at radius 3 is 2.61 bits per heavy atom. The summed E-state index contributed by atoms with van der Waals surface area (Å²) in [5, 5.41) is 21.5. The molecule has 0 spiro atoms. The lowest BCUT2D eigenvalue weighted by atomic mass is 10.0. The number of hydrogen-bond acceptors (Lipinski definition) is 7. The standard InChI is InChI=1S/C22H32N4O4S3/c27-16-7-5-15(6-8-16)13-24-20(29)9-11-32-33-12-10-23-19(28)4-2-1-3-18-21-17(14-31-18)25-22(30)26-21/h5-8,17-18,21,27H,1-4,9-14H2,(H,23,28)(H,24,29)(H2,25,26,30)/t17?,18-,21?/m0/s1. The molecule has 11 heteroatoms. The molecular formula is C22H32N4O4S3. The summed E-state index contributed by atoms with van der Waals surface area (Å²) in [7, 11) is 3.29. The Balaban J connectivity index is 1.11. The summed E-state index contributed by atoms with van der Waals surface area (Å²) in [5.74, 6) is 2.79. The molecule has 2 aliphatic rings. The number of amides is 4. The Kier molecular flexibility index (Phi) is 10.9. The zero-order valence-electron chi connectivity index (χ0n) is 18.5. The maximum atomic E-state index is 12.0. The van der Waals surface area contributed by atoms with Gasteiger partial charge in [-0.25, -0.2) is 4.79 Å². The highest BCUT2D eigenvalue weighted by Crippen LogP contribution is 2.33. The van der Waals surface area contributed by atoms with Gasteiger partial charge in [-0.15, -0.1) is 0 Å². The number of phenols is 1. The van der Waals surface area contributed by atoms with Crippen LogP contribution in [-0.4, -0.2) is 64.1 Å². The van der Waals surface area contributed by atoms with E-state index in [0.29, 0.717) is 31.2 Å². The van der Waals surface area contributed by atoms with Gasteiger partial charge < -0.3 is 26.4 Å². The van der Waals surface area contributed by atoms with Crippen LogP contribution in [-0.2, 0) is 16.1 Å². The van der Waals surface area contributed by atoms with Crippen molar-refractivity contribution in [3.05, 3.63) is 29.8 Å². The molecule has 1 aromatic carbocycles. The van der Waals surface area contributed by atoms with E-state index in [9.17, 15) is 19.5 Å². The molecule has 2 saturated heterocycles. The third-order valence-electron chi connectivity index (χ3n) is 5.51. The van der Waals surface area contributed by atoms with E-state index < -0.39 is 0 Å². The number of fused-ring (bicyclic) bond motifs is 1. The number of benzene rings is 1. The van der Waals surface area contributed by atoms with E-state index >= 15 is 0 Å². The van der Waals surface area contributed by atoms with Crippen molar-refractivity contribution in [1.29, 1.82) is 0 Å². The number of thioether (sulfide) groups is 1. The third-order valence-corrected chi connectivity index (χ3v) is 9.43. The van der Waals surface area contributed by atoms with Crippen LogP contribution in [0.1, 0.15) is 37.7 Å². The molecule has 0 bridgehead atoms. The molecule has 3 rings (SSSR count). The molecule has 2 heterocycles. The molecule has 182 valence electrons. The van der Waals surface area contributed by atoms with Crippen molar-refractivity contribution in [1.82, 2.24) is 21.3 Å². The van der Waals surface area contributed by atoms with Crippen LogP contribution in [0.5, 0.6) is 5.75 Å². The fourth-order valence-corrected chi connectivity index (χ4v) is 7.19. The molecule has 33 heavy (non-hydrogen) atoms. The molecule has 5 N–H and O–H groups in total. The van der Waals surface area contributed by atoms with Gasteiger partial charge in [0.1, 0.15) is 5.75 Å². The summed E-state index contributed by atoms with van der Waals surface area (Å²) in [6.45, 7) is 1.08. The Morgan fingerprint density at radius 1 is 1.03 bits per heavy atom. The summed E-state index contributed by atoms with van der Waals surface area (Å²) in [6, 6.07) is 7.21. The smallest absolute Gasteiger partial charge is 0.315 e. The topological polar surface area (TPSA) is 120 Å². The highest BCUT2D eigenvalue weighted by Gasteiger charge is 2.42. The second-order valence-electron chi connectivity index (χ2n) is 8.05. The van der Waals surface area contributed by atoms with Gasteiger partial charge in [-0.3, -0.25) is 9.59 Å². The largest absolute Gasteiger partial charge is 0.508 e. The summed E-state index contributed by atoms with van der Waals surface area (Å²) >= 11 is 1.91. The highest BCUT2D eigenvalue weighted by atomic mass is 33.1. The van der Waals surface area contributed by atoms with E-state index in [1.54, 1.807) is 45.9 Å². The van der Waals surface area contributed by atoms with Crippen LogP contribution in [0.15, 0.2) is 24.3 Å². The molecule has 1 aromatic rings. The molecule has 4 amide bonds. The van der Waals surface area contributed by atoms with Crippen molar-refractivity contribution in [3.8, 4) is 5.75 Å². The predicted octanol–water partition coefficient (Wildman–Crippen LogP) is 2.62. The maximum Gasteiger partial charge on any atom is 0.315 e. The van der Waals surface area contributed by atoms with Crippen molar-refractivity contribution in [2.75, 3.05) is 23.8 Å². The number of phenolic OH excluding ortho intramolecular Hbond substituents is 1. The highest BCUT2D eigenvalue weighted by molar-refractivity contribution is 8.76. The lowest BCUT2D eigenvalue weighted by Gasteiger charge is -2.16. The van der Waals surface area contributed by atoms with E-state index in [-0.39, 0.29) is 35.7 Å². The number of unbranched alkanes of at least 4 members (excludes halogenated alkanes) is 1. The summed E-state index contributed by atoms with van der Waals surface area (Å²) in [6.07, 6.45) is 3.86. The minimum Gasteiger partial charge on any atom is -0.508 e. The second-order valence-corrected chi connectivity index (χ2v) is 12.0. The Bertz CT molecular complexity index is 796. The van der Waals surface area contributed by atoms with Crippen LogP contribution in [0.25, 0.3) is 0 Å². The van der Waals surface area contributed by atoms with Gasteiger partial charge >= 0.3 is 6.03 Å². The minimum absolute atomic E-state index is 0.00239. The lowest BCUT2D eigenvalue weighted by Crippen LogP contribution is -2.36. The SMILES string of the molecule is O=C(CCCC[C@@H]1SCC2NC(=O)NC21)NCCSSCCC(=O)NCc1ccc(O)cc1. The first-order valence-electron chi connectivity index (χ1n) is 11.3. The Morgan fingerprint density at radius 2 is 1.79 bits per heavy atom. The zero-order valence-corrected chi connectivity index (χ0v) is 21.0. The van der Waals surface area contributed by atoms with Crippen molar-refractivity contribution in [2.45, 2.75) is 56.0 Å². The first-order valence-corrected chi connectivity index (χ1v) is 14.8. The van der Waals surface area contributed by atoms with E-state index in [1.807, 2.05) is 11.8 Å². The molecule has 0 aromatic heterocycles. The number of nitrogens with one attached hydrogen (secondary N) is 4. The fourth-order valence-electron chi connectivity index (χ4n) is 3.75. The van der Waals surface area contributed by atoms with Gasteiger partial charge in [-0.1, -0.05) is 40.1 Å². The molecule has 0 aliphatic carbocycles. The van der Waals surface area contributed by atoms with Crippen LogP contribution in [0.2, 0.25) is 0 Å². The number of aromatic hydroxyl groups is 1. The number of hydrogen-bond donors (Lipinski definition) is 5. The van der Waals surface area contributed by atoms with Gasteiger partial charge in [-0.05, 0) is 30.5 Å². The molecule has 0 radical (unpaired) electrons. The van der Waals surface area contributed by atoms with E-state index in [2.05, 4.69) is 21.3 Å². The normalized spacial score (nSPS) is 21.2. The average Bonchev–Trinajstić information content (AvgIpc) is 3.35. The van der Waals surface area contributed by atoms with E-state index in [1.165, 1.54) is 0 Å². The molecule has 8 nitrogen and oxygen atoms in total. The number of urea groups is 1. The fraction of sp³-hybridized carbons (Fsp3) is 0.591. The van der Waals surface area contributed by atoms with Crippen molar-refractivity contribution >= 4 is 51.2 Å². The summed E-state index contributed by atoms with van der Waals surface area (Å²) in [4.78, 5) is 35.3. The second kappa shape index (κ2) is 13.9. The molecule has 0 saturated carbocycles. The zero-order chi connectivity index (χ0) is 23.5. The monoisotopic (exact) mass is 512 g/mol. The lowest BCUT2D eigenvalue weighted by molar-refractivity contribution is -0.121. The van der Waals surface area contributed by atoms with E-state index in [4.69, 9.17) is 0 Å². The first kappa shape index (κ1) is 25.9. The van der Waals surface area contributed by atoms with Crippen molar-refractivity contribution in [2.24, 2.45) is 0 Å². The predicted molar refractivity (Wildman–Crippen MR) is 136 cm³/mol. The summed E-state index contributed by atoms with van der Waals surface area (Å²) < 4.78 is 0. The van der Waals surface area contributed by atoms with E-state index in [0.717, 1.165) is 42.1 Å². The molecule has 2 fully saturated rings. The van der Waals surface area contributed by atoms with Crippen LogP contribution in [0, 0.1) is 0 Å². The Labute approximate surface area is 207 Å². The first-order chi connectivity index (χ1) is 16.0. The van der Waals surface area contributed by atoms with Crippen LogP contribution in [0.3, 0.4) is 0 Å². The molecule has 2 aliphatic heterocycles. The minimum atomic E-state index is -0.0559. The van der Waals surface area contributed by atoms with Crippen molar-refractivity contribution in [3.63, 3.8) is 0 Å². The van der Waals surface area contributed by atoms with Crippen LogP contribution < -0.4 is 21.3 Å².